The van der Waals surface area contributed by atoms with Gasteiger partial charge in [-0.1, -0.05) is 18.2 Å². The van der Waals surface area contributed by atoms with Gasteiger partial charge in [-0.2, -0.15) is 13.2 Å². The molecule has 24 heavy (non-hydrogen) atoms. The van der Waals surface area contributed by atoms with Crippen LogP contribution in [0.25, 0.3) is 0 Å². The first kappa shape index (κ1) is 18.2. The molecule has 0 radical (unpaired) electrons. The van der Waals surface area contributed by atoms with Crippen LogP contribution in [0.5, 0.6) is 0 Å². The lowest BCUT2D eigenvalue weighted by molar-refractivity contribution is -0.385. The number of nitrogens with zero attached hydrogens (tertiary/aromatic N) is 2. The number of hydrogen-bond acceptors (Lipinski definition) is 4. The number of benzene rings is 1. The van der Waals surface area contributed by atoms with Gasteiger partial charge in [0, 0.05) is 24.7 Å². The van der Waals surface area contributed by atoms with Crippen molar-refractivity contribution in [3.05, 3.63) is 39.9 Å². The van der Waals surface area contributed by atoms with E-state index in [-0.39, 0.29) is 24.7 Å². The van der Waals surface area contributed by atoms with Gasteiger partial charge in [0.25, 0.3) is 5.69 Å². The highest BCUT2D eigenvalue weighted by molar-refractivity contribution is 5.79. The van der Waals surface area contributed by atoms with Crippen LogP contribution in [0.2, 0.25) is 0 Å². The van der Waals surface area contributed by atoms with Gasteiger partial charge < -0.3 is 5.32 Å². The molecule has 0 bridgehead atoms. The second kappa shape index (κ2) is 7.61. The Hall–Kier alpha value is -2.16. The standard InChI is InChI=1S/C15H18F3N3O3/c16-15(17,18)10-20-7-3-5-12(9-20)14(22)19-8-11-4-1-2-6-13(11)21(23)24/h1-2,4,6,12H,3,5,7-10H2,(H,19,22). The number of nitro groups is 1. The second-order valence-electron chi connectivity index (χ2n) is 5.79. The summed E-state index contributed by atoms with van der Waals surface area (Å²) in [6.07, 6.45) is -3.26. The van der Waals surface area contributed by atoms with E-state index in [1.807, 2.05) is 0 Å². The van der Waals surface area contributed by atoms with Crippen LogP contribution in [-0.2, 0) is 11.3 Å². The minimum absolute atomic E-state index is 0.0221. The Kier molecular flexibility index (Phi) is 5.76. The maximum absolute atomic E-state index is 12.5. The van der Waals surface area contributed by atoms with Crippen molar-refractivity contribution in [3.8, 4) is 0 Å². The first-order valence-corrected chi connectivity index (χ1v) is 7.55. The fourth-order valence-corrected chi connectivity index (χ4v) is 2.83. The molecule has 1 unspecified atom stereocenters. The molecular weight excluding hydrogens is 327 g/mol. The molecule has 1 fully saturated rings. The van der Waals surface area contributed by atoms with Gasteiger partial charge >= 0.3 is 6.18 Å². The lowest BCUT2D eigenvalue weighted by Crippen LogP contribution is -2.46. The average molecular weight is 345 g/mol. The average Bonchev–Trinajstić information content (AvgIpc) is 2.51. The van der Waals surface area contributed by atoms with Crippen molar-refractivity contribution in [1.29, 1.82) is 0 Å². The number of rotatable bonds is 5. The smallest absolute Gasteiger partial charge is 0.351 e. The molecule has 1 amide bonds. The summed E-state index contributed by atoms with van der Waals surface area (Å²) in [5, 5.41) is 13.5. The highest BCUT2D eigenvalue weighted by Crippen LogP contribution is 2.23. The van der Waals surface area contributed by atoms with E-state index in [2.05, 4.69) is 5.32 Å². The molecule has 1 heterocycles. The Morgan fingerprint density at radius 2 is 2.08 bits per heavy atom. The number of carbonyl (C=O) groups is 1. The van der Waals surface area contributed by atoms with Gasteiger partial charge in [0.15, 0.2) is 0 Å². The molecule has 2 rings (SSSR count). The fraction of sp³-hybridized carbons (Fsp3) is 0.533. The molecule has 1 aliphatic rings. The van der Waals surface area contributed by atoms with E-state index in [9.17, 15) is 28.1 Å². The van der Waals surface area contributed by atoms with Gasteiger partial charge in [-0.25, -0.2) is 0 Å². The summed E-state index contributed by atoms with van der Waals surface area (Å²) in [5.41, 5.74) is 0.263. The van der Waals surface area contributed by atoms with Gasteiger partial charge in [0.05, 0.1) is 17.4 Å². The number of alkyl halides is 3. The lowest BCUT2D eigenvalue weighted by atomic mass is 9.97. The number of hydrogen-bond donors (Lipinski definition) is 1. The van der Waals surface area contributed by atoms with Crippen molar-refractivity contribution in [2.24, 2.45) is 5.92 Å². The molecule has 132 valence electrons. The van der Waals surface area contributed by atoms with Crippen molar-refractivity contribution in [2.45, 2.75) is 25.6 Å². The van der Waals surface area contributed by atoms with Crippen LogP contribution in [0.15, 0.2) is 24.3 Å². The third kappa shape index (κ3) is 5.19. The molecule has 0 aromatic heterocycles. The first-order chi connectivity index (χ1) is 11.3. The molecule has 1 saturated heterocycles. The monoisotopic (exact) mass is 345 g/mol. The van der Waals surface area contributed by atoms with Gasteiger partial charge in [0.2, 0.25) is 5.91 Å². The van der Waals surface area contributed by atoms with Crippen molar-refractivity contribution < 1.29 is 22.9 Å². The zero-order valence-corrected chi connectivity index (χ0v) is 12.9. The zero-order valence-electron chi connectivity index (χ0n) is 12.9. The Balaban J connectivity index is 1.92. The third-order valence-corrected chi connectivity index (χ3v) is 3.92. The summed E-state index contributed by atoms with van der Waals surface area (Å²) in [4.78, 5) is 23.8. The fourth-order valence-electron chi connectivity index (χ4n) is 2.83. The van der Waals surface area contributed by atoms with E-state index in [4.69, 9.17) is 0 Å². The number of para-hydroxylation sites is 1. The maximum Gasteiger partial charge on any atom is 0.401 e. The van der Waals surface area contributed by atoms with Crippen molar-refractivity contribution in [3.63, 3.8) is 0 Å². The minimum atomic E-state index is -4.29. The number of likely N-dealkylation sites (tertiary alicyclic amines) is 1. The van der Waals surface area contributed by atoms with E-state index >= 15 is 0 Å². The maximum atomic E-state index is 12.5. The molecule has 1 aromatic carbocycles. The summed E-state index contributed by atoms with van der Waals surface area (Å²) in [5.74, 6) is -0.913. The molecule has 1 aromatic rings. The predicted octanol–water partition coefficient (Wildman–Crippen LogP) is 2.49. The number of nitro benzene ring substituents is 1. The van der Waals surface area contributed by atoms with Crippen LogP contribution in [0, 0.1) is 16.0 Å². The van der Waals surface area contributed by atoms with E-state index in [1.54, 1.807) is 6.07 Å². The van der Waals surface area contributed by atoms with Gasteiger partial charge in [-0.15, -0.1) is 0 Å². The molecule has 0 saturated carbocycles. The van der Waals surface area contributed by atoms with Crippen LogP contribution in [-0.4, -0.2) is 41.5 Å². The number of nitrogens with one attached hydrogen (secondary N) is 1. The quantitative estimate of drug-likeness (QED) is 0.657. The molecule has 1 aliphatic heterocycles. The van der Waals surface area contributed by atoms with E-state index in [0.717, 1.165) is 0 Å². The Morgan fingerprint density at radius 1 is 1.38 bits per heavy atom. The van der Waals surface area contributed by atoms with Crippen LogP contribution >= 0.6 is 0 Å². The van der Waals surface area contributed by atoms with Crippen LogP contribution < -0.4 is 5.32 Å². The molecule has 6 nitrogen and oxygen atoms in total. The topological polar surface area (TPSA) is 75.5 Å². The van der Waals surface area contributed by atoms with Crippen LogP contribution in [0.1, 0.15) is 18.4 Å². The SMILES string of the molecule is O=C(NCc1ccccc1[N+](=O)[O-])C1CCCN(CC(F)(F)F)C1. The Labute approximate surface area is 136 Å². The number of piperidine rings is 1. The summed E-state index contributed by atoms with van der Waals surface area (Å²) in [7, 11) is 0. The summed E-state index contributed by atoms with van der Waals surface area (Å²) in [6.45, 7) is -0.692. The number of halogens is 3. The normalized spacial score (nSPS) is 19.0. The van der Waals surface area contributed by atoms with Crippen LogP contribution in [0.4, 0.5) is 18.9 Å². The first-order valence-electron chi connectivity index (χ1n) is 7.55. The molecule has 1 atom stereocenters. The summed E-state index contributed by atoms with van der Waals surface area (Å²) in [6, 6.07) is 6.03. The number of amides is 1. The molecule has 0 spiro atoms. The predicted molar refractivity (Wildman–Crippen MR) is 80.2 cm³/mol. The highest BCUT2D eigenvalue weighted by Gasteiger charge is 2.34. The number of carbonyl (C=O) groups excluding carboxylic acids is 1. The second-order valence-corrected chi connectivity index (χ2v) is 5.79. The Bertz CT molecular complexity index is 607. The molecule has 1 N–H and O–H groups in total. The zero-order chi connectivity index (χ0) is 17.7. The van der Waals surface area contributed by atoms with Crippen LogP contribution in [0.3, 0.4) is 0 Å². The van der Waals surface area contributed by atoms with Gasteiger partial charge in [-0.05, 0) is 19.4 Å². The van der Waals surface area contributed by atoms with Gasteiger partial charge in [0.1, 0.15) is 0 Å². The minimum Gasteiger partial charge on any atom is -0.351 e. The third-order valence-electron chi connectivity index (χ3n) is 3.92. The van der Waals surface area contributed by atoms with E-state index in [1.165, 1.54) is 23.1 Å². The Morgan fingerprint density at radius 3 is 2.75 bits per heavy atom. The largest absolute Gasteiger partial charge is 0.401 e. The molecule has 0 aliphatic carbocycles. The van der Waals surface area contributed by atoms with Crippen molar-refractivity contribution >= 4 is 11.6 Å². The van der Waals surface area contributed by atoms with Gasteiger partial charge in [-0.3, -0.25) is 19.8 Å². The van der Waals surface area contributed by atoms with Crippen molar-refractivity contribution in [1.82, 2.24) is 10.2 Å². The molecular formula is C15H18F3N3O3. The van der Waals surface area contributed by atoms with E-state index in [0.29, 0.717) is 24.9 Å². The lowest BCUT2D eigenvalue weighted by Gasteiger charge is -2.32. The highest BCUT2D eigenvalue weighted by atomic mass is 19.4. The van der Waals surface area contributed by atoms with Crippen molar-refractivity contribution in [2.75, 3.05) is 19.6 Å². The molecule has 9 heteroatoms. The van der Waals surface area contributed by atoms with E-state index < -0.39 is 23.6 Å². The summed E-state index contributed by atoms with van der Waals surface area (Å²) < 4.78 is 37.4. The summed E-state index contributed by atoms with van der Waals surface area (Å²) >= 11 is 0.